The van der Waals surface area contributed by atoms with Gasteiger partial charge in [-0.2, -0.15) is 0 Å². The number of rotatable bonds is 4. The molecule has 0 heterocycles. The molecule has 0 aliphatic carbocycles. The van der Waals surface area contributed by atoms with Crippen molar-refractivity contribution in [1.82, 2.24) is 5.32 Å². The van der Waals surface area contributed by atoms with Crippen LogP contribution < -0.4 is 5.32 Å². The second kappa shape index (κ2) is 4.97. The highest BCUT2D eigenvalue weighted by atomic mass is 19.1. The Bertz CT molecular complexity index is 258. The zero-order valence-electron chi connectivity index (χ0n) is 8.18. The summed E-state index contributed by atoms with van der Waals surface area (Å²) in [6.07, 6.45) is -0.248. The summed E-state index contributed by atoms with van der Waals surface area (Å²) in [6.45, 7) is 2.43. The molecule has 1 atom stereocenters. The zero-order chi connectivity index (χ0) is 9.68. The fourth-order valence-electron chi connectivity index (χ4n) is 1.40. The van der Waals surface area contributed by atoms with Crippen molar-refractivity contribution in [2.75, 3.05) is 7.05 Å². The molecule has 1 unspecified atom stereocenters. The summed E-state index contributed by atoms with van der Waals surface area (Å²) in [7, 11) is 1.91. The number of benzene rings is 1. The molecule has 0 aliphatic rings. The van der Waals surface area contributed by atoms with Crippen molar-refractivity contribution in [3.05, 3.63) is 35.4 Å². The molecule has 1 aromatic rings. The molecule has 1 nitrogen and oxygen atoms in total. The maximum Gasteiger partial charge on any atom is 0.101 e. The molecule has 13 heavy (non-hydrogen) atoms. The molecule has 0 bridgehead atoms. The van der Waals surface area contributed by atoms with Gasteiger partial charge in [0.05, 0.1) is 0 Å². The highest BCUT2D eigenvalue weighted by Gasteiger charge is 2.00. The monoisotopic (exact) mass is 181 g/mol. The lowest BCUT2D eigenvalue weighted by atomic mass is 10.1. The second-order valence-electron chi connectivity index (χ2n) is 3.34. The van der Waals surface area contributed by atoms with Crippen LogP contribution in [0.15, 0.2) is 24.3 Å². The molecule has 0 saturated carbocycles. The Morgan fingerprint density at radius 1 is 1.38 bits per heavy atom. The van der Waals surface area contributed by atoms with Crippen molar-refractivity contribution >= 4 is 0 Å². The first-order valence-electron chi connectivity index (χ1n) is 4.59. The van der Waals surface area contributed by atoms with Crippen LogP contribution in [0.2, 0.25) is 0 Å². The van der Waals surface area contributed by atoms with Gasteiger partial charge in [-0.15, -0.1) is 0 Å². The summed E-state index contributed by atoms with van der Waals surface area (Å²) >= 11 is 0. The number of nitrogens with one attached hydrogen (secondary N) is 1. The summed E-state index contributed by atoms with van der Waals surface area (Å²) in [6, 6.07) is 8.04. The van der Waals surface area contributed by atoms with Crippen LogP contribution in [-0.2, 0) is 13.0 Å². The van der Waals surface area contributed by atoms with E-state index in [1.165, 1.54) is 5.56 Å². The van der Waals surface area contributed by atoms with Crippen molar-refractivity contribution in [3.63, 3.8) is 0 Å². The Hall–Kier alpha value is -0.890. The average molecular weight is 181 g/mol. The molecule has 0 aromatic heterocycles. The molecule has 0 aliphatic heterocycles. The highest BCUT2D eigenvalue weighted by Crippen LogP contribution is 2.08. The smallest absolute Gasteiger partial charge is 0.101 e. The van der Waals surface area contributed by atoms with Crippen molar-refractivity contribution in [2.45, 2.75) is 26.1 Å². The zero-order valence-corrected chi connectivity index (χ0v) is 8.18. The second-order valence-corrected chi connectivity index (χ2v) is 3.34. The van der Waals surface area contributed by atoms with E-state index in [1.807, 2.05) is 31.3 Å². The van der Waals surface area contributed by atoms with Crippen molar-refractivity contribution in [3.8, 4) is 0 Å². The molecule has 1 rings (SSSR count). The lowest BCUT2D eigenvalue weighted by Gasteiger charge is -2.05. The third-order valence-electron chi connectivity index (χ3n) is 1.89. The predicted molar refractivity (Wildman–Crippen MR) is 53.5 cm³/mol. The minimum absolute atomic E-state index is 0.511. The van der Waals surface area contributed by atoms with E-state index in [4.69, 9.17) is 0 Å². The fourth-order valence-corrected chi connectivity index (χ4v) is 1.40. The van der Waals surface area contributed by atoms with E-state index in [-0.39, 0.29) is 0 Å². The van der Waals surface area contributed by atoms with E-state index in [0.717, 1.165) is 12.1 Å². The third-order valence-corrected chi connectivity index (χ3v) is 1.89. The summed E-state index contributed by atoms with van der Waals surface area (Å²) in [4.78, 5) is 0. The topological polar surface area (TPSA) is 12.0 Å². The first kappa shape index (κ1) is 10.2. The minimum atomic E-state index is -0.759. The van der Waals surface area contributed by atoms with E-state index in [2.05, 4.69) is 5.32 Å². The van der Waals surface area contributed by atoms with E-state index in [0.29, 0.717) is 6.42 Å². The summed E-state index contributed by atoms with van der Waals surface area (Å²) in [5, 5.41) is 3.07. The molecule has 72 valence electrons. The summed E-state index contributed by atoms with van der Waals surface area (Å²) in [5.74, 6) is 0. The maximum absolute atomic E-state index is 12.7. The summed E-state index contributed by atoms with van der Waals surface area (Å²) in [5.41, 5.74) is 2.28. The van der Waals surface area contributed by atoms with Gasteiger partial charge in [-0.05, 0) is 25.1 Å². The van der Waals surface area contributed by atoms with Crippen molar-refractivity contribution in [1.29, 1.82) is 0 Å². The van der Waals surface area contributed by atoms with Gasteiger partial charge >= 0.3 is 0 Å². The van der Waals surface area contributed by atoms with E-state index >= 15 is 0 Å². The summed E-state index contributed by atoms with van der Waals surface area (Å²) < 4.78 is 12.7. The average Bonchev–Trinajstić information content (AvgIpc) is 2.04. The normalized spacial score (nSPS) is 12.8. The molecule has 1 N–H and O–H groups in total. The molecule has 2 heteroatoms. The Labute approximate surface area is 79.0 Å². The first-order valence-corrected chi connectivity index (χ1v) is 4.59. The van der Waals surface area contributed by atoms with Crippen LogP contribution in [0.25, 0.3) is 0 Å². The van der Waals surface area contributed by atoms with Gasteiger partial charge in [0.15, 0.2) is 0 Å². The van der Waals surface area contributed by atoms with E-state index in [9.17, 15) is 4.39 Å². The number of alkyl halides is 1. The van der Waals surface area contributed by atoms with Gasteiger partial charge in [-0.25, -0.2) is 4.39 Å². The molecular formula is C11H16FN. The number of hydrogen-bond acceptors (Lipinski definition) is 1. The Balaban J connectivity index is 2.67. The van der Waals surface area contributed by atoms with Gasteiger partial charge in [-0.3, -0.25) is 0 Å². The Kier molecular flexibility index (Phi) is 3.90. The molecule has 0 amide bonds. The molecule has 0 fully saturated rings. The van der Waals surface area contributed by atoms with Gasteiger partial charge in [0, 0.05) is 13.0 Å². The lowest BCUT2D eigenvalue weighted by Crippen LogP contribution is -2.06. The van der Waals surface area contributed by atoms with Crippen LogP contribution in [0.3, 0.4) is 0 Å². The van der Waals surface area contributed by atoms with Crippen molar-refractivity contribution < 1.29 is 4.39 Å². The van der Waals surface area contributed by atoms with Gasteiger partial charge in [0.2, 0.25) is 0 Å². The number of hydrogen-bond donors (Lipinski definition) is 1. The van der Waals surface area contributed by atoms with Crippen LogP contribution in [0.1, 0.15) is 18.1 Å². The van der Waals surface area contributed by atoms with Crippen molar-refractivity contribution in [2.24, 2.45) is 0 Å². The standard InChI is InChI=1S/C11H16FN/c1-9(12)6-10-4-3-5-11(7-10)8-13-2/h3-5,7,9,13H,6,8H2,1-2H3. The van der Waals surface area contributed by atoms with Crippen LogP contribution in [-0.4, -0.2) is 13.2 Å². The Morgan fingerprint density at radius 2 is 2.08 bits per heavy atom. The largest absolute Gasteiger partial charge is 0.316 e. The molecule has 0 spiro atoms. The van der Waals surface area contributed by atoms with Gasteiger partial charge in [-0.1, -0.05) is 24.3 Å². The minimum Gasteiger partial charge on any atom is -0.316 e. The molecular weight excluding hydrogens is 165 g/mol. The molecule has 0 radical (unpaired) electrons. The van der Waals surface area contributed by atoms with Crippen LogP contribution in [0.4, 0.5) is 4.39 Å². The lowest BCUT2D eigenvalue weighted by molar-refractivity contribution is 0.360. The SMILES string of the molecule is CNCc1cccc(CC(C)F)c1. The van der Waals surface area contributed by atoms with E-state index in [1.54, 1.807) is 6.92 Å². The predicted octanol–water partition coefficient (Wildman–Crippen LogP) is 2.31. The van der Waals surface area contributed by atoms with Gasteiger partial charge < -0.3 is 5.32 Å². The van der Waals surface area contributed by atoms with E-state index < -0.39 is 6.17 Å². The van der Waals surface area contributed by atoms with Crippen LogP contribution >= 0.6 is 0 Å². The fraction of sp³-hybridized carbons (Fsp3) is 0.455. The van der Waals surface area contributed by atoms with Gasteiger partial charge in [0.25, 0.3) is 0 Å². The number of halogens is 1. The Morgan fingerprint density at radius 3 is 2.69 bits per heavy atom. The quantitative estimate of drug-likeness (QED) is 0.751. The van der Waals surface area contributed by atoms with Gasteiger partial charge in [0.1, 0.15) is 6.17 Å². The molecule has 1 aromatic carbocycles. The first-order chi connectivity index (χ1) is 6.22. The van der Waals surface area contributed by atoms with Crippen LogP contribution in [0, 0.1) is 0 Å². The van der Waals surface area contributed by atoms with Crippen LogP contribution in [0.5, 0.6) is 0 Å². The maximum atomic E-state index is 12.7. The molecule has 0 saturated heterocycles. The third kappa shape index (κ3) is 3.55. The highest BCUT2D eigenvalue weighted by molar-refractivity contribution is 5.23.